The van der Waals surface area contributed by atoms with Gasteiger partial charge in [0.25, 0.3) is 0 Å². The fourth-order valence-corrected chi connectivity index (χ4v) is 5.26. The molecule has 1 saturated heterocycles. The molecule has 2 aromatic heterocycles. The SMILES string of the molecule is Cc1cc(C2CC3(CC(C)N2)OCCc2cc(Cl)sc23)no1. The van der Waals surface area contributed by atoms with E-state index in [2.05, 4.69) is 23.5 Å². The van der Waals surface area contributed by atoms with E-state index in [1.165, 1.54) is 10.4 Å². The molecule has 0 aromatic carbocycles. The maximum Gasteiger partial charge on any atom is 0.133 e. The quantitative estimate of drug-likeness (QED) is 0.854. The molecular weight excluding hydrogens is 320 g/mol. The van der Waals surface area contributed by atoms with Crippen molar-refractivity contribution in [2.75, 3.05) is 6.61 Å². The molecule has 22 heavy (non-hydrogen) atoms. The Morgan fingerprint density at radius 1 is 1.41 bits per heavy atom. The van der Waals surface area contributed by atoms with Gasteiger partial charge in [-0.15, -0.1) is 11.3 Å². The normalized spacial score (nSPS) is 31.4. The summed E-state index contributed by atoms with van der Waals surface area (Å²) in [6.07, 6.45) is 2.78. The van der Waals surface area contributed by atoms with E-state index in [-0.39, 0.29) is 11.6 Å². The molecule has 2 aliphatic rings. The summed E-state index contributed by atoms with van der Waals surface area (Å²) in [6, 6.07) is 4.61. The summed E-state index contributed by atoms with van der Waals surface area (Å²) < 4.78 is 12.4. The topological polar surface area (TPSA) is 47.3 Å². The highest BCUT2D eigenvalue weighted by Gasteiger charge is 2.46. The first-order valence-corrected chi connectivity index (χ1v) is 8.87. The molecule has 1 N–H and O–H groups in total. The minimum atomic E-state index is -0.242. The lowest BCUT2D eigenvalue weighted by atomic mass is 9.79. The van der Waals surface area contributed by atoms with E-state index >= 15 is 0 Å². The molecule has 118 valence electrons. The van der Waals surface area contributed by atoms with Gasteiger partial charge in [0.05, 0.1) is 17.0 Å². The zero-order valence-corrected chi connectivity index (χ0v) is 14.3. The first-order valence-electron chi connectivity index (χ1n) is 7.68. The van der Waals surface area contributed by atoms with E-state index in [4.69, 9.17) is 20.9 Å². The highest BCUT2D eigenvalue weighted by Crippen LogP contribution is 2.49. The molecule has 4 heterocycles. The van der Waals surface area contributed by atoms with Crippen molar-refractivity contribution in [2.24, 2.45) is 0 Å². The largest absolute Gasteiger partial charge is 0.369 e. The van der Waals surface area contributed by atoms with Crippen LogP contribution in [0, 0.1) is 6.92 Å². The lowest BCUT2D eigenvalue weighted by Crippen LogP contribution is -2.49. The maximum atomic E-state index is 6.33. The number of nitrogens with zero attached hydrogens (tertiary/aromatic N) is 1. The third-order valence-electron chi connectivity index (χ3n) is 4.60. The van der Waals surface area contributed by atoms with Crippen LogP contribution in [0.5, 0.6) is 0 Å². The van der Waals surface area contributed by atoms with Gasteiger partial charge in [0, 0.05) is 23.4 Å². The Labute approximate surface area is 138 Å². The van der Waals surface area contributed by atoms with Gasteiger partial charge in [0.2, 0.25) is 0 Å². The number of piperidine rings is 1. The van der Waals surface area contributed by atoms with Gasteiger partial charge in [-0.2, -0.15) is 0 Å². The van der Waals surface area contributed by atoms with Crippen molar-refractivity contribution in [3.63, 3.8) is 0 Å². The fraction of sp³-hybridized carbons (Fsp3) is 0.562. The van der Waals surface area contributed by atoms with Crippen molar-refractivity contribution >= 4 is 22.9 Å². The Morgan fingerprint density at radius 2 is 2.27 bits per heavy atom. The molecule has 4 nitrogen and oxygen atoms in total. The summed E-state index contributed by atoms with van der Waals surface area (Å²) in [6.45, 7) is 4.89. The standard InChI is InChI=1S/C16H19ClN2O2S/c1-9-7-16(8-13(18-9)12-5-10(2)21-19-12)15-11(3-4-20-16)6-14(17)22-15/h5-6,9,13,18H,3-4,7-8H2,1-2H3. The Morgan fingerprint density at radius 3 is 3.05 bits per heavy atom. The lowest BCUT2D eigenvalue weighted by Gasteiger charge is -2.45. The zero-order valence-electron chi connectivity index (χ0n) is 12.7. The number of thiophene rings is 1. The Kier molecular flexibility index (Phi) is 3.57. The molecule has 6 heteroatoms. The van der Waals surface area contributed by atoms with E-state index in [0.717, 1.165) is 41.7 Å². The van der Waals surface area contributed by atoms with Gasteiger partial charge in [-0.3, -0.25) is 0 Å². The van der Waals surface area contributed by atoms with Gasteiger partial charge in [-0.05, 0) is 38.3 Å². The predicted octanol–water partition coefficient (Wildman–Crippen LogP) is 3.98. The highest BCUT2D eigenvalue weighted by atomic mass is 35.5. The van der Waals surface area contributed by atoms with Crippen LogP contribution >= 0.6 is 22.9 Å². The Bertz CT molecular complexity index is 698. The summed E-state index contributed by atoms with van der Waals surface area (Å²) in [5.41, 5.74) is 2.07. The molecule has 2 aliphatic heterocycles. The highest BCUT2D eigenvalue weighted by molar-refractivity contribution is 7.16. The van der Waals surface area contributed by atoms with E-state index in [1.54, 1.807) is 11.3 Å². The average Bonchev–Trinajstić information content (AvgIpc) is 3.04. The number of rotatable bonds is 1. The number of aromatic nitrogens is 1. The van der Waals surface area contributed by atoms with Crippen molar-refractivity contribution in [3.05, 3.63) is 38.4 Å². The van der Waals surface area contributed by atoms with Crippen LogP contribution in [-0.4, -0.2) is 17.8 Å². The molecule has 0 aliphatic carbocycles. The van der Waals surface area contributed by atoms with Gasteiger partial charge in [0.15, 0.2) is 0 Å². The predicted molar refractivity (Wildman–Crippen MR) is 86.5 cm³/mol. The molecule has 0 amide bonds. The third kappa shape index (κ3) is 2.40. The van der Waals surface area contributed by atoms with Crippen molar-refractivity contribution in [2.45, 2.75) is 50.8 Å². The Balaban J connectivity index is 1.72. The van der Waals surface area contributed by atoms with Crippen LogP contribution in [0.1, 0.15) is 47.7 Å². The number of ether oxygens (including phenoxy) is 1. The second-order valence-corrected chi connectivity index (χ2v) is 8.07. The second-order valence-electron chi connectivity index (χ2n) is 6.39. The van der Waals surface area contributed by atoms with E-state index < -0.39 is 0 Å². The van der Waals surface area contributed by atoms with Crippen molar-refractivity contribution in [1.82, 2.24) is 10.5 Å². The number of hydrogen-bond donors (Lipinski definition) is 1. The van der Waals surface area contributed by atoms with Gasteiger partial charge >= 0.3 is 0 Å². The lowest BCUT2D eigenvalue weighted by molar-refractivity contribution is -0.0959. The van der Waals surface area contributed by atoms with Crippen molar-refractivity contribution < 1.29 is 9.26 Å². The van der Waals surface area contributed by atoms with E-state index in [0.29, 0.717) is 6.04 Å². The number of hydrogen-bond acceptors (Lipinski definition) is 5. The van der Waals surface area contributed by atoms with E-state index in [9.17, 15) is 0 Å². The van der Waals surface area contributed by atoms with E-state index in [1.807, 2.05) is 13.0 Å². The zero-order chi connectivity index (χ0) is 15.3. The Hall–Kier alpha value is -0.880. The van der Waals surface area contributed by atoms with Gasteiger partial charge in [0.1, 0.15) is 17.1 Å². The molecule has 3 unspecified atom stereocenters. The summed E-state index contributed by atoms with van der Waals surface area (Å²) in [4.78, 5) is 1.31. The molecular formula is C16H19ClN2O2S. The molecule has 1 spiro atoms. The minimum absolute atomic E-state index is 0.146. The number of halogens is 1. The summed E-state index contributed by atoms with van der Waals surface area (Å²) >= 11 is 7.94. The van der Waals surface area contributed by atoms with Gasteiger partial charge in [-0.25, -0.2) is 0 Å². The maximum absolute atomic E-state index is 6.33. The van der Waals surface area contributed by atoms with Crippen LogP contribution in [-0.2, 0) is 16.8 Å². The number of aryl methyl sites for hydroxylation is 1. The fourth-order valence-electron chi connectivity index (χ4n) is 3.80. The van der Waals surface area contributed by atoms with Crippen LogP contribution in [0.4, 0.5) is 0 Å². The smallest absolute Gasteiger partial charge is 0.133 e. The molecule has 0 bridgehead atoms. The van der Waals surface area contributed by atoms with Crippen molar-refractivity contribution in [1.29, 1.82) is 0 Å². The minimum Gasteiger partial charge on any atom is -0.369 e. The summed E-state index contributed by atoms with van der Waals surface area (Å²) in [5, 5.41) is 7.82. The van der Waals surface area contributed by atoms with Crippen LogP contribution in [0.15, 0.2) is 16.7 Å². The van der Waals surface area contributed by atoms with Crippen molar-refractivity contribution in [3.8, 4) is 0 Å². The summed E-state index contributed by atoms with van der Waals surface area (Å²) in [5.74, 6) is 0.841. The van der Waals surface area contributed by atoms with Crippen LogP contribution < -0.4 is 5.32 Å². The van der Waals surface area contributed by atoms with Gasteiger partial charge in [-0.1, -0.05) is 16.8 Å². The molecule has 2 aromatic rings. The van der Waals surface area contributed by atoms with Crippen LogP contribution in [0.25, 0.3) is 0 Å². The molecule has 0 radical (unpaired) electrons. The number of nitrogens with one attached hydrogen (secondary N) is 1. The molecule has 3 atom stereocenters. The van der Waals surface area contributed by atoms with Crippen LogP contribution in [0.2, 0.25) is 4.34 Å². The van der Waals surface area contributed by atoms with Gasteiger partial charge < -0.3 is 14.6 Å². The monoisotopic (exact) mass is 338 g/mol. The number of fused-ring (bicyclic) bond motifs is 2. The molecule has 1 fully saturated rings. The molecule has 0 saturated carbocycles. The first kappa shape index (κ1) is 14.7. The average molecular weight is 339 g/mol. The molecule has 4 rings (SSSR count). The first-order chi connectivity index (χ1) is 10.6. The van der Waals surface area contributed by atoms with Crippen LogP contribution in [0.3, 0.4) is 0 Å². The second kappa shape index (κ2) is 5.34. The summed E-state index contributed by atoms with van der Waals surface area (Å²) in [7, 11) is 0. The third-order valence-corrected chi connectivity index (χ3v) is 6.09.